The van der Waals surface area contributed by atoms with Crippen molar-refractivity contribution >= 4 is 15.9 Å². The largest absolute Gasteiger partial charge is 0.244 e. The maximum absolute atomic E-state index is 14.0. The Bertz CT molecular complexity index is 832. The van der Waals surface area contributed by atoms with Crippen LogP contribution in [0.5, 0.6) is 0 Å². The van der Waals surface area contributed by atoms with Gasteiger partial charge in [-0.05, 0) is 40.9 Å². The van der Waals surface area contributed by atoms with Gasteiger partial charge < -0.3 is 0 Å². The van der Waals surface area contributed by atoms with Crippen LogP contribution in [0.4, 0.5) is 4.39 Å². The predicted molar refractivity (Wildman–Crippen MR) is 88.8 cm³/mol. The lowest BCUT2D eigenvalue weighted by Crippen LogP contribution is -2.05. The summed E-state index contributed by atoms with van der Waals surface area (Å²) in [5.41, 5.74) is 2.33. The lowest BCUT2D eigenvalue weighted by molar-refractivity contribution is 0.616. The molecule has 2 heterocycles. The minimum Gasteiger partial charge on any atom is -0.244 e. The molecule has 0 atom stereocenters. The van der Waals surface area contributed by atoms with Gasteiger partial charge in [0.2, 0.25) is 0 Å². The fourth-order valence-corrected chi connectivity index (χ4v) is 2.78. The molecule has 118 valence electrons. The van der Waals surface area contributed by atoms with Crippen LogP contribution >= 0.6 is 15.9 Å². The van der Waals surface area contributed by atoms with E-state index in [4.69, 9.17) is 0 Å². The van der Waals surface area contributed by atoms with E-state index in [1.165, 1.54) is 12.4 Å². The summed E-state index contributed by atoms with van der Waals surface area (Å²) in [5, 5.41) is 4.54. The molecule has 0 unspecified atom stereocenters. The molecule has 0 saturated carbocycles. The minimum atomic E-state index is -0.326. The highest BCUT2D eigenvalue weighted by Crippen LogP contribution is 2.25. The van der Waals surface area contributed by atoms with E-state index in [-0.39, 0.29) is 5.82 Å². The fourth-order valence-electron chi connectivity index (χ4n) is 2.32. The number of halogens is 2. The van der Waals surface area contributed by atoms with Crippen molar-refractivity contribution in [3.63, 3.8) is 0 Å². The number of hydrogen-bond donors (Lipinski definition) is 0. The zero-order valence-electron chi connectivity index (χ0n) is 12.8. The van der Waals surface area contributed by atoms with Crippen molar-refractivity contribution in [2.45, 2.75) is 26.7 Å². The monoisotopic (exact) mass is 375 g/mol. The van der Waals surface area contributed by atoms with Gasteiger partial charge in [0, 0.05) is 24.9 Å². The normalized spacial score (nSPS) is 11.0. The minimum absolute atomic E-state index is 0.326. The van der Waals surface area contributed by atoms with Crippen molar-refractivity contribution in [3.8, 4) is 17.1 Å². The number of rotatable bonds is 4. The Morgan fingerprint density at radius 3 is 2.65 bits per heavy atom. The van der Waals surface area contributed by atoms with Gasteiger partial charge in [-0.3, -0.25) is 0 Å². The summed E-state index contributed by atoms with van der Waals surface area (Å²) in [6.45, 7) is 3.99. The van der Waals surface area contributed by atoms with Crippen molar-refractivity contribution < 1.29 is 4.39 Å². The molecule has 0 fully saturated rings. The van der Waals surface area contributed by atoms with Crippen molar-refractivity contribution in [1.29, 1.82) is 0 Å². The maximum atomic E-state index is 14.0. The Morgan fingerprint density at radius 2 is 1.96 bits per heavy atom. The lowest BCUT2D eigenvalue weighted by atomic mass is 10.2. The van der Waals surface area contributed by atoms with Gasteiger partial charge in [-0.25, -0.2) is 24.0 Å². The first-order valence-electron chi connectivity index (χ1n) is 7.27. The van der Waals surface area contributed by atoms with E-state index in [1.54, 1.807) is 23.1 Å². The van der Waals surface area contributed by atoms with Crippen LogP contribution in [0, 0.1) is 12.7 Å². The highest BCUT2D eigenvalue weighted by molar-refractivity contribution is 9.10. The Hall–Kier alpha value is -2.15. The molecule has 7 heteroatoms. The van der Waals surface area contributed by atoms with Crippen LogP contribution in [-0.4, -0.2) is 24.7 Å². The second-order valence-electron chi connectivity index (χ2n) is 5.19. The van der Waals surface area contributed by atoms with Crippen LogP contribution in [0.3, 0.4) is 0 Å². The van der Waals surface area contributed by atoms with E-state index in [0.29, 0.717) is 16.0 Å². The van der Waals surface area contributed by atoms with Crippen LogP contribution in [0.15, 0.2) is 35.3 Å². The average molecular weight is 376 g/mol. The van der Waals surface area contributed by atoms with Crippen molar-refractivity contribution in [1.82, 2.24) is 24.7 Å². The molecule has 23 heavy (non-hydrogen) atoms. The predicted octanol–water partition coefficient (Wildman–Crippen LogP) is 3.89. The number of hydrogen-bond acceptors (Lipinski definition) is 4. The standard InChI is InChI=1S/C16H15BrFN5/c1-3-4-15-21-16(11-7-19-9-20-8-11)22-23(15)14-6-13(18)12(17)5-10(14)2/h5-9H,3-4H2,1-2H3. The summed E-state index contributed by atoms with van der Waals surface area (Å²) in [5.74, 6) is 1.00. The van der Waals surface area contributed by atoms with Gasteiger partial charge in [0.15, 0.2) is 5.82 Å². The summed E-state index contributed by atoms with van der Waals surface area (Å²) in [6, 6.07) is 3.21. The Balaban J connectivity index is 2.15. The molecule has 3 aromatic rings. The molecule has 0 spiro atoms. The second kappa shape index (κ2) is 6.54. The van der Waals surface area contributed by atoms with Crippen LogP contribution in [0.25, 0.3) is 17.1 Å². The molecule has 1 aromatic carbocycles. The second-order valence-corrected chi connectivity index (χ2v) is 6.05. The van der Waals surface area contributed by atoms with E-state index in [2.05, 4.69) is 42.9 Å². The first kappa shape index (κ1) is 15.7. The topological polar surface area (TPSA) is 56.5 Å². The van der Waals surface area contributed by atoms with Gasteiger partial charge in [0.1, 0.15) is 18.0 Å². The number of nitrogens with zero attached hydrogens (tertiary/aromatic N) is 5. The Labute approximate surface area is 141 Å². The quantitative estimate of drug-likeness (QED) is 0.693. The van der Waals surface area contributed by atoms with E-state index in [1.807, 2.05) is 6.92 Å². The Kier molecular flexibility index (Phi) is 4.47. The summed E-state index contributed by atoms with van der Waals surface area (Å²) in [4.78, 5) is 12.6. The lowest BCUT2D eigenvalue weighted by Gasteiger charge is -2.09. The van der Waals surface area contributed by atoms with E-state index in [0.717, 1.165) is 29.8 Å². The van der Waals surface area contributed by atoms with Crippen LogP contribution in [0.1, 0.15) is 24.7 Å². The molecule has 5 nitrogen and oxygen atoms in total. The highest BCUT2D eigenvalue weighted by Gasteiger charge is 2.16. The first-order chi connectivity index (χ1) is 11.1. The summed E-state index contributed by atoms with van der Waals surface area (Å²) < 4.78 is 16.1. The molecule has 0 aliphatic heterocycles. The number of aromatic nitrogens is 5. The van der Waals surface area contributed by atoms with E-state index in [9.17, 15) is 4.39 Å². The molecule has 0 radical (unpaired) electrons. The van der Waals surface area contributed by atoms with Gasteiger partial charge in [-0.1, -0.05) is 6.92 Å². The smallest absolute Gasteiger partial charge is 0.184 e. The summed E-state index contributed by atoms with van der Waals surface area (Å²) in [7, 11) is 0. The average Bonchev–Trinajstić information content (AvgIpc) is 2.96. The number of benzene rings is 1. The zero-order chi connectivity index (χ0) is 16.4. The molecule has 0 aliphatic carbocycles. The molecule has 2 aromatic heterocycles. The van der Waals surface area contributed by atoms with Crippen molar-refractivity contribution in [2.24, 2.45) is 0 Å². The third-order valence-electron chi connectivity index (χ3n) is 3.43. The third kappa shape index (κ3) is 3.14. The fraction of sp³-hybridized carbons (Fsp3) is 0.250. The van der Waals surface area contributed by atoms with Gasteiger partial charge in [0.05, 0.1) is 15.7 Å². The van der Waals surface area contributed by atoms with E-state index < -0.39 is 0 Å². The molecule has 0 aliphatic rings. The SMILES string of the molecule is CCCc1nc(-c2cncnc2)nn1-c1cc(F)c(Br)cc1C. The molecular formula is C16H15BrFN5. The third-order valence-corrected chi connectivity index (χ3v) is 4.04. The summed E-state index contributed by atoms with van der Waals surface area (Å²) in [6.07, 6.45) is 6.45. The van der Waals surface area contributed by atoms with Gasteiger partial charge >= 0.3 is 0 Å². The zero-order valence-corrected chi connectivity index (χ0v) is 14.4. The molecule has 3 rings (SSSR count). The van der Waals surface area contributed by atoms with Gasteiger partial charge in [-0.2, -0.15) is 0 Å². The highest BCUT2D eigenvalue weighted by atomic mass is 79.9. The molecule has 0 amide bonds. The van der Waals surface area contributed by atoms with Crippen molar-refractivity contribution in [3.05, 3.63) is 52.5 Å². The first-order valence-corrected chi connectivity index (χ1v) is 8.06. The van der Waals surface area contributed by atoms with Gasteiger partial charge in [-0.15, -0.1) is 5.10 Å². The van der Waals surface area contributed by atoms with E-state index >= 15 is 0 Å². The van der Waals surface area contributed by atoms with Gasteiger partial charge in [0.25, 0.3) is 0 Å². The number of aryl methyl sites for hydroxylation is 2. The Morgan fingerprint density at radius 1 is 1.22 bits per heavy atom. The van der Waals surface area contributed by atoms with Crippen molar-refractivity contribution in [2.75, 3.05) is 0 Å². The summed E-state index contributed by atoms with van der Waals surface area (Å²) >= 11 is 3.21. The van der Waals surface area contributed by atoms with Crippen LogP contribution < -0.4 is 0 Å². The van der Waals surface area contributed by atoms with Crippen LogP contribution in [-0.2, 0) is 6.42 Å². The molecule has 0 bridgehead atoms. The molecular weight excluding hydrogens is 361 g/mol. The molecule has 0 saturated heterocycles. The van der Waals surface area contributed by atoms with Crippen LogP contribution in [0.2, 0.25) is 0 Å². The maximum Gasteiger partial charge on any atom is 0.184 e. The molecule has 0 N–H and O–H groups in total.